The van der Waals surface area contributed by atoms with Crippen LogP contribution in [0.15, 0.2) is 24.3 Å². The van der Waals surface area contributed by atoms with Crippen molar-refractivity contribution in [3.8, 4) is 0 Å². The third-order valence-corrected chi connectivity index (χ3v) is 3.81. The minimum atomic E-state index is 0.718. The highest BCUT2D eigenvalue weighted by Crippen LogP contribution is 2.28. The predicted octanol–water partition coefficient (Wildman–Crippen LogP) is 2.89. The minimum Gasteiger partial charge on any atom is -0.399 e. The number of nitrogens with two attached hydrogens (primary N) is 1. The molecule has 0 unspecified atom stereocenters. The van der Waals surface area contributed by atoms with Gasteiger partial charge < -0.3 is 5.73 Å². The van der Waals surface area contributed by atoms with Gasteiger partial charge in [0.05, 0.1) is 11.2 Å². The van der Waals surface area contributed by atoms with Crippen molar-refractivity contribution in [1.29, 1.82) is 0 Å². The van der Waals surface area contributed by atoms with E-state index in [0.717, 1.165) is 54.3 Å². The normalized spacial score (nSPS) is 16.9. The summed E-state index contributed by atoms with van der Waals surface area (Å²) in [7, 11) is 0. The summed E-state index contributed by atoms with van der Waals surface area (Å²) < 4.78 is 0. The zero-order valence-electron chi connectivity index (χ0n) is 12.2. The average molecular weight is 270 g/mol. The lowest BCUT2D eigenvalue weighted by Gasteiger charge is -2.27. The fourth-order valence-corrected chi connectivity index (χ4v) is 2.88. The van der Waals surface area contributed by atoms with Crippen LogP contribution in [0.2, 0.25) is 0 Å². The second-order valence-corrected chi connectivity index (χ2v) is 6.01. The van der Waals surface area contributed by atoms with Crippen LogP contribution < -0.4 is 5.73 Å². The number of aromatic nitrogens is 2. The van der Waals surface area contributed by atoms with E-state index in [-0.39, 0.29) is 0 Å². The average Bonchev–Trinajstić information content (AvgIpc) is 2.82. The predicted molar refractivity (Wildman–Crippen MR) is 84.4 cm³/mol. The molecule has 4 nitrogen and oxygen atoms in total. The first kappa shape index (κ1) is 13.2. The summed E-state index contributed by atoms with van der Waals surface area (Å²) in [6.07, 6.45) is 3.37. The number of nitrogens with one attached hydrogen (secondary N) is 1. The van der Waals surface area contributed by atoms with Gasteiger partial charge in [-0.3, -0.25) is 10.00 Å². The van der Waals surface area contributed by atoms with Crippen LogP contribution in [-0.4, -0.2) is 34.7 Å². The van der Waals surface area contributed by atoms with Gasteiger partial charge in [-0.15, -0.1) is 0 Å². The van der Waals surface area contributed by atoms with Gasteiger partial charge in [-0.1, -0.05) is 19.9 Å². The van der Waals surface area contributed by atoms with E-state index < -0.39 is 0 Å². The van der Waals surface area contributed by atoms with E-state index in [1.54, 1.807) is 0 Å². The van der Waals surface area contributed by atoms with Gasteiger partial charge >= 0.3 is 0 Å². The Morgan fingerprint density at radius 2 is 2.25 bits per heavy atom. The van der Waals surface area contributed by atoms with Crippen molar-refractivity contribution in [1.82, 2.24) is 15.1 Å². The molecule has 0 fully saturated rings. The fraction of sp³-hybridized carbons (Fsp3) is 0.438. The molecule has 0 bridgehead atoms. The number of nitrogen functional groups attached to an aromatic ring is 1. The zero-order valence-corrected chi connectivity index (χ0v) is 12.2. The van der Waals surface area contributed by atoms with Gasteiger partial charge in [0.2, 0.25) is 0 Å². The summed E-state index contributed by atoms with van der Waals surface area (Å²) >= 11 is 0. The lowest BCUT2D eigenvalue weighted by molar-refractivity contribution is 0.268. The zero-order chi connectivity index (χ0) is 14.1. The van der Waals surface area contributed by atoms with Crippen LogP contribution in [0.25, 0.3) is 16.5 Å². The molecule has 0 atom stereocenters. The first-order valence-corrected chi connectivity index (χ1v) is 7.29. The molecule has 3 N–H and O–H groups in total. The molecule has 4 heteroatoms. The monoisotopic (exact) mass is 270 g/mol. The molecular formula is C16H22N4. The van der Waals surface area contributed by atoms with E-state index in [1.807, 2.05) is 18.2 Å². The molecule has 0 aliphatic carbocycles. The molecule has 2 heterocycles. The molecule has 1 aromatic carbocycles. The van der Waals surface area contributed by atoms with E-state index >= 15 is 0 Å². The third kappa shape index (κ3) is 2.56. The summed E-state index contributed by atoms with van der Waals surface area (Å²) in [5.41, 5.74) is 10.1. The number of benzene rings is 1. The van der Waals surface area contributed by atoms with Crippen LogP contribution in [0, 0.1) is 5.92 Å². The van der Waals surface area contributed by atoms with Crippen molar-refractivity contribution >= 4 is 22.2 Å². The number of hydrogen-bond acceptors (Lipinski definition) is 3. The number of aromatic amines is 1. The highest BCUT2D eigenvalue weighted by Gasteiger charge is 2.17. The van der Waals surface area contributed by atoms with Crippen LogP contribution in [0.1, 0.15) is 26.0 Å². The van der Waals surface area contributed by atoms with E-state index in [4.69, 9.17) is 5.73 Å². The molecule has 1 aliphatic rings. The molecule has 3 rings (SSSR count). The number of hydrogen-bond donors (Lipinski definition) is 2. The number of fused-ring (bicyclic) bond motifs is 1. The van der Waals surface area contributed by atoms with Crippen molar-refractivity contribution in [2.75, 3.05) is 25.4 Å². The maximum atomic E-state index is 5.89. The quantitative estimate of drug-likeness (QED) is 0.843. The number of rotatable bonds is 3. The van der Waals surface area contributed by atoms with Gasteiger partial charge in [-0.2, -0.15) is 5.10 Å². The van der Waals surface area contributed by atoms with E-state index in [2.05, 4.69) is 35.0 Å². The summed E-state index contributed by atoms with van der Waals surface area (Å²) in [4.78, 5) is 2.50. The standard InChI is InChI=1S/C16H22N4/c1-11(2)10-20-7-5-12(6-8-20)16-14-9-13(17)3-4-15(14)18-19-16/h3-5,9,11H,6-8,10,17H2,1-2H3,(H,18,19). The van der Waals surface area contributed by atoms with E-state index in [1.165, 1.54) is 5.57 Å². The van der Waals surface area contributed by atoms with Crippen molar-refractivity contribution in [2.45, 2.75) is 20.3 Å². The van der Waals surface area contributed by atoms with Crippen molar-refractivity contribution in [3.63, 3.8) is 0 Å². The molecule has 0 saturated carbocycles. The molecule has 0 amide bonds. The largest absolute Gasteiger partial charge is 0.399 e. The Kier molecular flexibility index (Phi) is 3.49. The molecule has 1 aliphatic heterocycles. The Balaban J connectivity index is 1.85. The van der Waals surface area contributed by atoms with Gasteiger partial charge in [-0.25, -0.2) is 0 Å². The SMILES string of the molecule is CC(C)CN1CC=C(c2n[nH]c3ccc(N)cc23)CC1. The Morgan fingerprint density at radius 1 is 1.40 bits per heavy atom. The second-order valence-electron chi connectivity index (χ2n) is 6.01. The maximum Gasteiger partial charge on any atom is 0.0957 e. The summed E-state index contributed by atoms with van der Waals surface area (Å²) in [5.74, 6) is 0.718. The van der Waals surface area contributed by atoms with Gasteiger partial charge in [0.1, 0.15) is 0 Å². The molecule has 1 aromatic heterocycles. The first-order chi connectivity index (χ1) is 9.63. The van der Waals surface area contributed by atoms with E-state index in [9.17, 15) is 0 Å². The Labute approximate surface area is 119 Å². The van der Waals surface area contributed by atoms with Crippen LogP contribution in [0.5, 0.6) is 0 Å². The fourth-order valence-electron chi connectivity index (χ4n) is 2.88. The smallest absolute Gasteiger partial charge is 0.0957 e. The molecule has 0 radical (unpaired) electrons. The summed E-state index contributed by atoms with van der Waals surface area (Å²) in [6, 6.07) is 5.91. The van der Waals surface area contributed by atoms with E-state index in [0.29, 0.717) is 0 Å². The first-order valence-electron chi connectivity index (χ1n) is 7.29. The highest BCUT2D eigenvalue weighted by molar-refractivity contribution is 5.92. The molecule has 2 aromatic rings. The summed E-state index contributed by atoms with van der Waals surface area (Å²) in [6.45, 7) is 7.83. The molecular weight excluding hydrogens is 248 g/mol. The van der Waals surface area contributed by atoms with Gasteiger partial charge in [0, 0.05) is 30.7 Å². The summed E-state index contributed by atoms with van der Waals surface area (Å²) in [5, 5.41) is 8.71. The maximum absolute atomic E-state index is 5.89. The van der Waals surface area contributed by atoms with Crippen LogP contribution >= 0.6 is 0 Å². The lowest BCUT2D eigenvalue weighted by atomic mass is 10.0. The third-order valence-electron chi connectivity index (χ3n) is 3.81. The topological polar surface area (TPSA) is 57.9 Å². The highest BCUT2D eigenvalue weighted by atomic mass is 15.1. The Hall–Kier alpha value is -1.81. The van der Waals surface area contributed by atoms with Crippen molar-refractivity contribution in [2.24, 2.45) is 5.92 Å². The van der Waals surface area contributed by atoms with Crippen molar-refractivity contribution < 1.29 is 0 Å². The van der Waals surface area contributed by atoms with Gasteiger partial charge in [0.25, 0.3) is 0 Å². The molecule has 20 heavy (non-hydrogen) atoms. The lowest BCUT2D eigenvalue weighted by Crippen LogP contribution is -2.31. The van der Waals surface area contributed by atoms with Gasteiger partial charge in [0.15, 0.2) is 0 Å². The Bertz CT molecular complexity index is 639. The minimum absolute atomic E-state index is 0.718. The number of nitrogens with zero attached hydrogens (tertiary/aromatic N) is 2. The van der Waals surface area contributed by atoms with Crippen molar-refractivity contribution in [3.05, 3.63) is 30.0 Å². The van der Waals surface area contributed by atoms with Crippen LogP contribution in [0.4, 0.5) is 5.69 Å². The number of anilines is 1. The Morgan fingerprint density at radius 3 is 2.95 bits per heavy atom. The number of H-pyrrole nitrogens is 1. The molecule has 0 spiro atoms. The molecule has 0 saturated heterocycles. The van der Waals surface area contributed by atoms with Gasteiger partial charge in [-0.05, 0) is 36.1 Å². The van der Waals surface area contributed by atoms with Crippen LogP contribution in [-0.2, 0) is 0 Å². The molecule has 106 valence electrons. The second kappa shape index (κ2) is 5.29. The van der Waals surface area contributed by atoms with Crippen LogP contribution in [0.3, 0.4) is 0 Å².